The number of rotatable bonds is 6. The Labute approximate surface area is 144 Å². The van der Waals surface area contributed by atoms with Crippen LogP contribution in [0.15, 0.2) is 15.6 Å². The molecular weight excluding hydrogens is 342 g/mol. The van der Waals surface area contributed by atoms with Crippen molar-refractivity contribution < 1.29 is 17.6 Å². The van der Waals surface area contributed by atoms with Gasteiger partial charge in [-0.2, -0.15) is 0 Å². The fraction of sp³-hybridized carbons (Fsp3) is 0.643. The van der Waals surface area contributed by atoms with Crippen molar-refractivity contribution in [3.63, 3.8) is 0 Å². The molecule has 0 fully saturated rings. The molecule has 1 heterocycles. The molecule has 134 valence electrons. The van der Waals surface area contributed by atoms with Crippen molar-refractivity contribution in [1.82, 2.24) is 9.62 Å². The number of aryl methyl sites for hydroxylation is 1. The van der Waals surface area contributed by atoms with Crippen molar-refractivity contribution >= 4 is 28.3 Å². The van der Waals surface area contributed by atoms with E-state index in [1.165, 1.54) is 20.2 Å². The number of furan rings is 1. The van der Waals surface area contributed by atoms with Gasteiger partial charge < -0.3 is 15.5 Å². The number of nitrogens with zero attached hydrogens (tertiary/aromatic N) is 1. The second-order valence-electron chi connectivity index (χ2n) is 6.05. The minimum atomic E-state index is -3.72. The molecule has 9 heteroatoms. The van der Waals surface area contributed by atoms with Gasteiger partial charge in [0.25, 0.3) is 15.9 Å². The summed E-state index contributed by atoms with van der Waals surface area (Å²) in [6.07, 6.45) is 0. The van der Waals surface area contributed by atoms with Gasteiger partial charge in [0.05, 0.1) is 11.1 Å². The number of hydrogen-bond acceptors (Lipinski definition) is 5. The van der Waals surface area contributed by atoms with Crippen LogP contribution >= 0.6 is 12.4 Å². The third kappa shape index (κ3) is 4.47. The molecule has 3 N–H and O–H groups in total. The van der Waals surface area contributed by atoms with E-state index in [0.717, 1.165) is 4.31 Å². The van der Waals surface area contributed by atoms with Crippen LogP contribution in [-0.4, -0.2) is 44.8 Å². The Morgan fingerprint density at radius 1 is 1.43 bits per heavy atom. The summed E-state index contributed by atoms with van der Waals surface area (Å²) in [6, 6.07) is 1.25. The number of sulfonamides is 1. The summed E-state index contributed by atoms with van der Waals surface area (Å²) in [4.78, 5) is 12.4. The molecule has 0 aliphatic rings. The molecule has 0 aliphatic heterocycles. The van der Waals surface area contributed by atoms with Crippen molar-refractivity contribution in [3.8, 4) is 0 Å². The molecule has 1 aromatic heterocycles. The van der Waals surface area contributed by atoms with Gasteiger partial charge in [0.15, 0.2) is 0 Å². The zero-order valence-electron chi connectivity index (χ0n) is 14.3. The fourth-order valence-electron chi connectivity index (χ4n) is 1.75. The Kier molecular flexibility index (Phi) is 7.29. The molecule has 1 rings (SSSR count). The average molecular weight is 368 g/mol. The summed E-state index contributed by atoms with van der Waals surface area (Å²) < 4.78 is 30.4. The van der Waals surface area contributed by atoms with Crippen molar-refractivity contribution in [3.05, 3.63) is 17.4 Å². The van der Waals surface area contributed by atoms with Gasteiger partial charge in [0.2, 0.25) is 5.09 Å². The van der Waals surface area contributed by atoms with Crippen LogP contribution in [0.1, 0.15) is 36.9 Å². The van der Waals surface area contributed by atoms with Crippen molar-refractivity contribution in [1.29, 1.82) is 0 Å². The van der Waals surface area contributed by atoms with Crippen molar-refractivity contribution in [2.75, 3.05) is 20.6 Å². The SMILES string of the molecule is Cc1oc(S(=O)(=O)N(C)C)cc1C(=O)NC(C)(CN)C(C)C.Cl. The highest BCUT2D eigenvalue weighted by Gasteiger charge is 2.31. The van der Waals surface area contributed by atoms with Gasteiger partial charge in [-0.15, -0.1) is 12.4 Å². The molecule has 0 aliphatic carbocycles. The first kappa shape index (κ1) is 21.9. The fourth-order valence-corrected chi connectivity index (χ4v) is 2.60. The molecule has 0 spiro atoms. The molecule has 7 nitrogen and oxygen atoms in total. The van der Waals surface area contributed by atoms with E-state index in [-0.39, 0.29) is 41.3 Å². The third-order valence-corrected chi connectivity index (χ3v) is 5.64. The van der Waals surface area contributed by atoms with E-state index in [4.69, 9.17) is 10.2 Å². The highest BCUT2D eigenvalue weighted by Crippen LogP contribution is 2.23. The lowest BCUT2D eigenvalue weighted by Crippen LogP contribution is -2.55. The van der Waals surface area contributed by atoms with Gasteiger partial charge in [-0.05, 0) is 19.8 Å². The Bertz CT molecular complexity index is 655. The van der Waals surface area contributed by atoms with Gasteiger partial charge in [-0.3, -0.25) is 4.79 Å². The smallest absolute Gasteiger partial charge is 0.275 e. The summed E-state index contributed by atoms with van der Waals surface area (Å²) in [7, 11) is -0.916. The van der Waals surface area contributed by atoms with Crippen LogP contribution < -0.4 is 11.1 Å². The molecule has 0 saturated heterocycles. The normalized spacial score (nSPS) is 14.5. The summed E-state index contributed by atoms with van der Waals surface area (Å²) in [5.74, 6) is -0.0252. The van der Waals surface area contributed by atoms with E-state index in [0.29, 0.717) is 0 Å². The molecular formula is C14H26ClN3O4S. The number of carbonyl (C=O) groups is 1. The van der Waals surface area contributed by atoms with Crippen LogP contribution in [0.25, 0.3) is 0 Å². The second-order valence-corrected chi connectivity index (χ2v) is 8.14. The molecule has 23 heavy (non-hydrogen) atoms. The maximum absolute atomic E-state index is 12.4. The van der Waals surface area contributed by atoms with Crippen LogP contribution in [0.3, 0.4) is 0 Å². The summed E-state index contributed by atoms with van der Waals surface area (Å²) in [5.41, 5.74) is 5.36. The van der Waals surface area contributed by atoms with Gasteiger partial charge in [-0.25, -0.2) is 12.7 Å². The summed E-state index contributed by atoms with van der Waals surface area (Å²) >= 11 is 0. The standard InChI is InChI=1S/C14H25N3O4S.ClH/c1-9(2)14(4,8-15)16-13(18)11-7-12(21-10(11)3)22(19,20)17(5)6;/h7,9H,8,15H2,1-6H3,(H,16,18);1H. The number of nitrogens with two attached hydrogens (primary N) is 1. The lowest BCUT2D eigenvalue weighted by atomic mass is 9.88. The number of amides is 1. The van der Waals surface area contributed by atoms with Gasteiger partial charge in [0, 0.05) is 26.7 Å². The first-order chi connectivity index (χ1) is 9.95. The van der Waals surface area contributed by atoms with Crippen LogP contribution in [0, 0.1) is 12.8 Å². The Hall–Kier alpha value is -1.09. The highest BCUT2D eigenvalue weighted by atomic mass is 35.5. The quantitative estimate of drug-likeness (QED) is 0.789. The van der Waals surface area contributed by atoms with E-state index in [2.05, 4.69) is 5.32 Å². The molecule has 1 amide bonds. The molecule has 1 aromatic rings. The highest BCUT2D eigenvalue weighted by molar-refractivity contribution is 7.88. The topological polar surface area (TPSA) is 106 Å². The number of nitrogens with one attached hydrogen (secondary N) is 1. The van der Waals surface area contributed by atoms with Gasteiger partial charge in [-0.1, -0.05) is 13.8 Å². The third-order valence-electron chi connectivity index (χ3n) is 3.97. The van der Waals surface area contributed by atoms with Crippen molar-refractivity contribution in [2.24, 2.45) is 11.7 Å². The van der Waals surface area contributed by atoms with Gasteiger partial charge in [0.1, 0.15) is 5.76 Å². The first-order valence-corrected chi connectivity index (χ1v) is 8.45. The maximum atomic E-state index is 12.4. The van der Waals surface area contributed by atoms with Crippen LogP contribution in [0.4, 0.5) is 0 Å². The van der Waals surface area contributed by atoms with E-state index in [1.807, 2.05) is 20.8 Å². The number of hydrogen-bond donors (Lipinski definition) is 2. The molecule has 1 atom stereocenters. The Balaban J connectivity index is 0.00000484. The predicted molar refractivity (Wildman–Crippen MR) is 91.3 cm³/mol. The van der Waals surface area contributed by atoms with E-state index >= 15 is 0 Å². The molecule has 0 bridgehead atoms. The Morgan fingerprint density at radius 2 is 1.96 bits per heavy atom. The van der Waals surface area contributed by atoms with Gasteiger partial charge >= 0.3 is 0 Å². The van der Waals surface area contributed by atoms with Crippen LogP contribution in [0.5, 0.6) is 0 Å². The number of halogens is 1. The Morgan fingerprint density at radius 3 is 2.35 bits per heavy atom. The predicted octanol–water partition coefficient (Wildman–Crippen LogP) is 1.36. The minimum absolute atomic E-state index is 0. The van der Waals surface area contributed by atoms with Crippen LogP contribution in [-0.2, 0) is 10.0 Å². The average Bonchev–Trinajstić information content (AvgIpc) is 2.80. The molecule has 0 aromatic carbocycles. The maximum Gasteiger partial charge on any atom is 0.275 e. The van der Waals surface area contributed by atoms with Crippen molar-refractivity contribution in [2.45, 2.75) is 38.3 Å². The monoisotopic (exact) mass is 367 g/mol. The summed E-state index contributed by atoms with van der Waals surface area (Å²) in [5, 5.41) is 2.61. The van der Waals surface area contributed by atoms with Crippen LogP contribution in [0.2, 0.25) is 0 Å². The zero-order chi connectivity index (χ0) is 17.3. The molecule has 0 radical (unpaired) electrons. The van der Waals surface area contributed by atoms with E-state index < -0.39 is 21.5 Å². The van der Waals surface area contributed by atoms with E-state index in [9.17, 15) is 13.2 Å². The zero-order valence-corrected chi connectivity index (χ0v) is 16.0. The first-order valence-electron chi connectivity index (χ1n) is 7.01. The lowest BCUT2D eigenvalue weighted by Gasteiger charge is -2.33. The summed E-state index contributed by atoms with van der Waals surface area (Å²) in [6.45, 7) is 7.59. The minimum Gasteiger partial charge on any atom is -0.448 e. The number of carbonyl (C=O) groups excluding carboxylic acids is 1. The molecule has 1 unspecified atom stereocenters. The largest absolute Gasteiger partial charge is 0.448 e. The second kappa shape index (κ2) is 7.65. The molecule has 0 saturated carbocycles. The lowest BCUT2D eigenvalue weighted by molar-refractivity contribution is 0.0881. The van der Waals surface area contributed by atoms with E-state index in [1.54, 1.807) is 6.92 Å².